The lowest BCUT2D eigenvalue weighted by Crippen LogP contribution is -2.36. The van der Waals surface area contributed by atoms with Gasteiger partial charge in [0.2, 0.25) is 0 Å². The predicted octanol–water partition coefficient (Wildman–Crippen LogP) is 2.34. The molecule has 1 aromatic heterocycles. The van der Waals surface area contributed by atoms with Crippen molar-refractivity contribution in [1.82, 2.24) is 10.3 Å². The summed E-state index contributed by atoms with van der Waals surface area (Å²) in [7, 11) is 0. The molecule has 0 aliphatic heterocycles. The molecule has 0 fully saturated rings. The van der Waals surface area contributed by atoms with E-state index in [1.54, 1.807) is 6.20 Å². The summed E-state index contributed by atoms with van der Waals surface area (Å²) in [5.74, 6) is 0. The Morgan fingerprint density at radius 2 is 1.84 bits per heavy atom. The highest BCUT2D eigenvalue weighted by Gasteiger charge is 2.13. The van der Waals surface area contributed by atoms with Gasteiger partial charge in [-0.15, -0.1) is 0 Å². The van der Waals surface area contributed by atoms with E-state index in [4.69, 9.17) is 0 Å². The highest BCUT2D eigenvalue weighted by atomic mass is 16.3. The third-order valence-corrected chi connectivity index (χ3v) is 3.16. The molecule has 1 unspecified atom stereocenters. The Kier molecular flexibility index (Phi) is 5.07. The Labute approximate surface area is 114 Å². The van der Waals surface area contributed by atoms with Crippen LogP contribution in [0.5, 0.6) is 0 Å². The van der Waals surface area contributed by atoms with Crippen LogP contribution in [-0.4, -0.2) is 22.7 Å². The molecule has 1 aromatic carbocycles. The largest absolute Gasteiger partial charge is 0.395 e. The van der Waals surface area contributed by atoms with Crippen LogP contribution in [0.25, 0.3) is 0 Å². The van der Waals surface area contributed by atoms with Crippen molar-refractivity contribution in [2.45, 2.75) is 25.4 Å². The van der Waals surface area contributed by atoms with Crippen LogP contribution < -0.4 is 5.32 Å². The van der Waals surface area contributed by atoms with E-state index in [1.165, 1.54) is 5.56 Å². The molecule has 2 atom stereocenters. The van der Waals surface area contributed by atoms with Gasteiger partial charge in [0.25, 0.3) is 0 Å². The number of nitrogens with zero attached hydrogens (tertiary/aromatic N) is 1. The summed E-state index contributed by atoms with van der Waals surface area (Å²) in [6, 6.07) is 16.2. The number of aliphatic hydroxyl groups is 1. The molecule has 0 aliphatic carbocycles. The Morgan fingerprint density at radius 1 is 1.11 bits per heavy atom. The summed E-state index contributed by atoms with van der Waals surface area (Å²) in [6.45, 7) is 2.18. The summed E-state index contributed by atoms with van der Waals surface area (Å²) in [6.07, 6.45) is 2.60. The van der Waals surface area contributed by atoms with Crippen LogP contribution in [-0.2, 0) is 6.42 Å². The van der Waals surface area contributed by atoms with Crippen LogP contribution in [0.15, 0.2) is 54.7 Å². The third kappa shape index (κ3) is 4.16. The Hall–Kier alpha value is -1.71. The number of pyridine rings is 1. The van der Waals surface area contributed by atoms with Gasteiger partial charge in [0.15, 0.2) is 0 Å². The molecule has 0 aliphatic rings. The molecule has 2 rings (SSSR count). The minimum absolute atomic E-state index is 0.0411. The maximum Gasteiger partial charge on any atom is 0.0588 e. The topological polar surface area (TPSA) is 45.1 Å². The first-order valence-corrected chi connectivity index (χ1v) is 6.61. The van der Waals surface area contributed by atoms with E-state index in [1.807, 2.05) is 36.4 Å². The molecule has 0 bridgehead atoms. The van der Waals surface area contributed by atoms with Crippen molar-refractivity contribution in [1.29, 1.82) is 0 Å². The van der Waals surface area contributed by atoms with Gasteiger partial charge in [-0.2, -0.15) is 0 Å². The number of nitrogens with one attached hydrogen (secondary N) is 1. The van der Waals surface area contributed by atoms with Gasteiger partial charge in [0.1, 0.15) is 0 Å². The number of aliphatic hydroxyl groups excluding tert-OH is 1. The lowest BCUT2D eigenvalue weighted by Gasteiger charge is -2.21. The molecule has 0 saturated carbocycles. The number of benzene rings is 1. The summed E-state index contributed by atoms with van der Waals surface area (Å²) in [4.78, 5) is 4.33. The van der Waals surface area contributed by atoms with Crippen LogP contribution in [0.2, 0.25) is 0 Å². The molecule has 100 valence electrons. The van der Waals surface area contributed by atoms with Crippen LogP contribution in [0.4, 0.5) is 0 Å². The fourth-order valence-corrected chi connectivity index (χ4v) is 2.15. The van der Waals surface area contributed by atoms with E-state index < -0.39 is 0 Å². The molecule has 0 spiro atoms. The van der Waals surface area contributed by atoms with Crippen molar-refractivity contribution in [3.8, 4) is 0 Å². The van der Waals surface area contributed by atoms with Crippen LogP contribution >= 0.6 is 0 Å². The molecular formula is C16H20N2O. The van der Waals surface area contributed by atoms with Crippen LogP contribution in [0, 0.1) is 0 Å². The van der Waals surface area contributed by atoms with Gasteiger partial charge < -0.3 is 10.4 Å². The normalized spacial score (nSPS) is 14.0. The van der Waals surface area contributed by atoms with Crippen molar-refractivity contribution in [2.75, 3.05) is 6.61 Å². The van der Waals surface area contributed by atoms with Crippen molar-refractivity contribution in [3.05, 3.63) is 66.0 Å². The standard InChI is InChI=1S/C16H20N2O/c1-13(16-9-5-6-10-17-16)18-15(12-19)11-14-7-3-2-4-8-14/h2-10,13,15,18-19H,11-12H2,1H3/t13?,15-/m1/s1. The first kappa shape index (κ1) is 13.7. The molecule has 3 nitrogen and oxygen atoms in total. The zero-order chi connectivity index (χ0) is 13.5. The zero-order valence-corrected chi connectivity index (χ0v) is 11.2. The molecule has 0 saturated heterocycles. The van der Waals surface area contributed by atoms with Crippen molar-refractivity contribution < 1.29 is 5.11 Å². The highest BCUT2D eigenvalue weighted by Crippen LogP contribution is 2.11. The predicted molar refractivity (Wildman–Crippen MR) is 76.8 cm³/mol. The second-order valence-electron chi connectivity index (χ2n) is 4.71. The van der Waals surface area contributed by atoms with E-state index >= 15 is 0 Å². The molecule has 0 amide bonds. The van der Waals surface area contributed by atoms with E-state index in [2.05, 4.69) is 29.4 Å². The van der Waals surface area contributed by atoms with Gasteiger partial charge in [-0.25, -0.2) is 0 Å². The second-order valence-corrected chi connectivity index (χ2v) is 4.71. The minimum atomic E-state index is 0.0411. The average molecular weight is 256 g/mol. The summed E-state index contributed by atoms with van der Waals surface area (Å²) in [5, 5.41) is 12.9. The van der Waals surface area contributed by atoms with Gasteiger partial charge in [-0.1, -0.05) is 36.4 Å². The van der Waals surface area contributed by atoms with Crippen molar-refractivity contribution in [3.63, 3.8) is 0 Å². The van der Waals surface area contributed by atoms with Gasteiger partial charge >= 0.3 is 0 Å². The molecule has 1 heterocycles. The first-order valence-electron chi connectivity index (χ1n) is 6.61. The van der Waals surface area contributed by atoms with Gasteiger partial charge in [0.05, 0.1) is 12.3 Å². The van der Waals surface area contributed by atoms with Crippen molar-refractivity contribution in [2.24, 2.45) is 0 Å². The Morgan fingerprint density at radius 3 is 2.47 bits per heavy atom. The third-order valence-electron chi connectivity index (χ3n) is 3.16. The molecule has 19 heavy (non-hydrogen) atoms. The van der Waals surface area contributed by atoms with E-state index in [0.717, 1.165) is 12.1 Å². The summed E-state index contributed by atoms with van der Waals surface area (Å²) in [5.41, 5.74) is 2.22. The van der Waals surface area contributed by atoms with Gasteiger partial charge in [-0.05, 0) is 31.0 Å². The van der Waals surface area contributed by atoms with E-state index in [9.17, 15) is 5.11 Å². The molecular weight excluding hydrogens is 236 g/mol. The molecule has 2 N–H and O–H groups in total. The maximum absolute atomic E-state index is 9.50. The smallest absolute Gasteiger partial charge is 0.0588 e. The number of rotatable bonds is 6. The van der Waals surface area contributed by atoms with Crippen molar-refractivity contribution >= 4 is 0 Å². The van der Waals surface area contributed by atoms with Gasteiger partial charge in [-0.3, -0.25) is 4.98 Å². The minimum Gasteiger partial charge on any atom is -0.395 e. The zero-order valence-electron chi connectivity index (χ0n) is 11.2. The molecule has 3 heteroatoms. The maximum atomic E-state index is 9.50. The number of hydrogen-bond acceptors (Lipinski definition) is 3. The first-order chi connectivity index (χ1) is 9.29. The second kappa shape index (κ2) is 7.02. The highest BCUT2D eigenvalue weighted by molar-refractivity contribution is 5.16. The number of hydrogen-bond donors (Lipinski definition) is 2. The fourth-order valence-electron chi connectivity index (χ4n) is 2.15. The van der Waals surface area contributed by atoms with E-state index in [-0.39, 0.29) is 18.7 Å². The Bertz CT molecular complexity index is 473. The molecule has 2 aromatic rings. The summed E-state index contributed by atoms with van der Waals surface area (Å²) < 4.78 is 0. The van der Waals surface area contributed by atoms with Crippen LogP contribution in [0.1, 0.15) is 24.2 Å². The Balaban J connectivity index is 1.96. The quantitative estimate of drug-likeness (QED) is 0.834. The average Bonchev–Trinajstić information content (AvgIpc) is 2.48. The summed E-state index contributed by atoms with van der Waals surface area (Å²) >= 11 is 0. The van der Waals surface area contributed by atoms with Crippen LogP contribution in [0.3, 0.4) is 0 Å². The van der Waals surface area contributed by atoms with Gasteiger partial charge in [0, 0.05) is 18.3 Å². The lowest BCUT2D eigenvalue weighted by molar-refractivity contribution is 0.232. The lowest BCUT2D eigenvalue weighted by atomic mass is 10.1. The molecule has 0 radical (unpaired) electrons. The fraction of sp³-hybridized carbons (Fsp3) is 0.312. The monoisotopic (exact) mass is 256 g/mol. The SMILES string of the molecule is CC(N[C@@H](CO)Cc1ccccc1)c1ccccn1. The number of aromatic nitrogens is 1. The van der Waals surface area contributed by atoms with E-state index in [0.29, 0.717) is 0 Å².